The van der Waals surface area contributed by atoms with Crippen LogP contribution in [0, 0.1) is 0 Å². The van der Waals surface area contributed by atoms with E-state index in [1.54, 1.807) is 0 Å². The van der Waals surface area contributed by atoms with Crippen molar-refractivity contribution in [2.45, 2.75) is 425 Å². The van der Waals surface area contributed by atoms with Crippen LogP contribution < -0.4 is 0 Å². The molecule has 0 aliphatic heterocycles. The van der Waals surface area contributed by atoms with Crippen molar-refractivity contribution in [3.05, 3.63) is 24.3 Å². The third kappa shape index (κ3) is 73.6. The normalized spacial score (nSPS) is 14.0. The fourth-order valence-electron chi connectivity index (χ4n) is 11.9. The second kappa shape index (κ2) is 73.8. The van der Waals surface area contributed by atoms with Gasteiger partial charge in [0.15, 0.2) is 12.2 Å². The van der Waals surface area contributed by atoms with Crippen LogP contribution in [-0.4, -0.2) is 96.7 Å². The molecule has 0 saturated carbocycles. The third-order valence-electron chi connectivity index (χ3n) is 18.2. The van der Waals surface area contributed by atoms with Gasteiger partial charge < -0.3 is 33.8 Å². The first-order valence-electron chi connectivity index (χ1n) is 41.1. The molecule has 3 N–H and O–H groups in total. The maximum atomic E-state index is 13.1. The van der Waals surface area contributed by atoms with E-state index in [4.69, 9.17) is 37.0 Å². The molecule has 0 rings (SSSR count). The summed E-state index contributed by atoms with van der Waals surface area (Å²) in [6.07, 6.45) is 68.8. The molecule has 0 aromatic carbocycles. The molecule has 0 radical (unpaired) electrons. The van der Waals surface area contributed by atoms with Gasteiger partial charge in [0, 0.05) is 25.7 Å². The quantitative estimate of drug-likeness (QED) is 0.0169. The number of rotatable bonds is 79. The Kier molecular flexibility index (Phi) is 72.0. The van der Waals surface area contributed by atoms with Gasteiger partial charge in [0.25, 0.3) is 0 Å². The topological polar surface area (TPSA) is 237 Å². The van der Waals surface area contributed by atoms with E-state index in [0.717, 1.165) is 109 Å². The van der Waals surface area contributed by atoms with E-state index in [9.17, 15) is 43.2 Å². The summed E-state index contributed by atoms with van der Waals surface area (Å²) < 4.78 is 68.6. The molecule has 0 aliphatic carbocycles. The van der Waals surface area contributed by atoms with E-state index in [0.29, 0.717) is 25.7 Å². The van der Waals surface area contributed by atoms with Crippen LogP contribution in [0.3, 0.4) is 0 Å². The number of hydrogen-bond acceptors (Lipinski definition) is 15. The summed E-state index contributed by atoms with van der Waals surface area (Å²) in [6.45, 7) is 4.93. The van der Waals surface area contributed by atoms with Crippen LogP contribution in [0.15, 0.2) is 24.3 Å². The maximum absolute atomic E-state index is 13.1. The number of phosphoric acid groups is 2. The lowest BCUT2D eigenvalue weighted by Gasteiger charge is -2.21. The Balaban J connectivity index is 5.22. The molecule has 0 spiro atoms. The van der Waals surface area contributed by atoms with E-state index in [2.05, 4.69) is 52.0 Å². The minimum absolute atomic E-state index is 0.103. The molecule has 19 heteroatoms. The number of ether oxygens (including phenoxy) is 4. The van der Waals surface area contributed by atoms with Crippen molar-refractivity contribution < 1.29 is 80.2 Å². The van der Waals surface area contributed by atoms with Crippen LogP contribution in [0.5, 0.6) is 0 Å². The number of hydrogen-bond donors (Lipinski definition) is 3. The molecule has 17 nitrogen and oxygen atoms in total. The summed E-state index contributed by atoms with van der Waals surface area (Å²) in [7, 11) is -9.92. The molecular formula is C80H152O17P2. The van der Waals surface area contributed by atoms with E-state index in [1.807, 2.05) is 0 Å². The second-order valence-corrected chi connectivity index (χ2v) is 31.0. The van der Waals surface area contributed by atoms with Gasteiger partial charge in [-0.2, -0.15) is 0 Å². The van der Waals surface area contributed by atoms with Crippen molar-refractivity contribution in [3.63, 3.8) is 0 Å². The van der Waals surface area contributed by atoms with Crippen LogP contribution in [0.2, 0.25) is 0 Å². The van der Waals surface area contributed by atoms with Crippen LogP contribution in [-0.2, 0) is 65.4 Å². The minimum atomic E-state index is -4.97. The standard InChI is InChI=1S/C80H152O17P2/c1-5-9-13-17-21-25-29-31-33-34-35-36-37-38-39-41-43-47-51-55-59-63-67-80(85)97-76(71-91-78(83)65-61-57-53-49-46-42-40-32-30-26-22-18-14-10-6-2)73-95-99(88,89)93-69-74(81)68-92-98(86,87)94-72-75(96-79(84)66-62-58-54-50-45-28-24-20-16-12-8-4)70-90-77(82)64-60-56-52-48-44-27-23-19-15-11-7-3/h26,30,32,40,74-76,81H,5-25,27-29,31,33-39,41-73H2,1-4H3,(H,86,87)(H,88,89)/b30-26-,40-32-/t74-,75+,76+/m0/s1. The minimum Gasteiger partial charge on any atom is -0.462 e. The Hall–Kier alpha value is -2.46. The molecule has 5 atom stereocenters. The first kappa shape index (κ1) is 96.5. The van der Waals surface area contributed by atoms with Gasteiger partial charge in [-0.3, -0.25) is 37.3 Å². The van der Waals surface area contributed by atoms with Crippen molar-refractivity contribution in [3.8, 4) is 0 Å². The average molecular weight is 1450 g/mol. The summed E-state index contributed by atoms with van der Waals surface area (Å²) >= 11 is 0. The molecule has 0 amide bonds. The Morgan fingerprint density at radius 1 is 0.283 bits per heavy atom. The number of carbonyl (C=O) groups is 4. The highest BCUT2D eigenvalue weighted by Gasteiger charge is 2.30. The zero-order chi connectivity index (χ0) is 72.5. The molecule has 0 saturated heterocycles. The number of unbranched alkanes of at least 4 members (excludes halogenated alkanes) is 50. The fraction of sp³-hybridized carbons (Fsp3) is 0.900. The van der Waals surface area contributed by atoms with Crippen molar-refractivity contribution in [1.82, 2.24) is 0 Å². The summed E-state index contributed by atoms with van der Waals surface area (Å²) in [5.41, 5.74) is 0. The molecule has 99 heavy (non-hydrogen) atoms. The van der Waals surface area contributed by atoms with Gasteiger partial charge in [0.1, 0.15) is 19.3 Å². The van der Waals surface area contributed by atoms with Gasteiger partial charge in [0.05, 0.1) is 26.4 Å². The Labute approximate surface area is 605 Å². The predicted molar refractivity (Wildman–Crippen MR) is 405 cm³/mol. The summed E-state index contributed by atoms with van der Waals surface area (Å²) in [5.74, 6) is -2.14. The van der Waals surface area contributed by atoms with Crippen molar-refractivity contribution in [2.24, 2.45) is 0 Å². The third-order valence-corrected chi connectivity index (χ3v) is 20.1. The monoisotopic (exact) mass is 1450 g/mol. The van der Waals surface area contributed by atoms with Crippen LogP contribution >= 0.6 is 15.6 Å². The van der Waals surface area contributed by atoms with Crippen LogP contribution in [0.25, 0.3) is 0 Å². The highest BCUT2D eigenvalue weighted by atomic mass is 31.2. The highest BCUT2D eigenvalue weighted by Crippen LogP contribution is 2.45. The molecule has 584 valence electrons. The number of esters is 4. The number of allylic oxidation sites excluding steroid dienone is 4. The Morgan fingerprint density at radius 2 is 0.485 bits per heavy atom. The van der Waals surface area contributed by atoms with Gasteiger partial charge in [-0.15, -0.1) is 0 Å². The van der Waals surface area contributed by atoms with Crippen LogP contribution in [0.4, 0.5) is 0 Å². The van der Waals surface area contributed by atoms with Gasteiger partial charge >= 0.3 is 39.5 Å². The SMILES string of the molecule is CCCCCC/C=C\C=C/CCCCCCCC(=O)OC[C@H](COP(=O)(O)OC[C@@H](O)COP(=O)(O)OC[C@@H](COC(=O)CCCCCCCCCCCCC)OC(=O)CCCCCCCCCCCCC)OC(=O)CCCCCCCCCCCCCCCCCCCCCCCC. The lowest BCUT2D eigenvalue weighted by Crippen LogP contribution is -2.30. The predicted octanol–water partition coefficient (Wildman–Crippen LogP) is 23.7. The Morgan fingerprint density at radius 3 is 0.737 bits per heavy atom. The Bertz CT molecular complexity index is 1970. The maximum Gasteiger partial charge on any atom is 0.472 e. The summed E-state index contributed by atoms with van der Waals surface area (Å²) in [5, 5.41) is 10.6. The van der Waals surface area contributed by atoms with Crippen molar-refractivity contribution in [2.75, 3.05) is 39.6 Å². The molecule has 0 fully saturated rings. The number of aliphatic hydroxyl groups excluding tert-OH is 1. The molecule has 0 aromatic rings. The molecular weight excluding hydrogens is 1290 g/mol. The summed E-state index contributed by atoms with van der Waals surface area (Å²) in [6, 6.07) is 0. The van der Waals surface area contributed by atoms with E-state index in [1.165, 1.54) is 218 Å². The molecule has 2 unspecified atom stereocenters. The molecule has 0 bridgehead atoms. The number of phosphoric ester groups is 2. The van der Waals surface area contributed by atoms with Crippen molar-refractivity contribution in [1.29, 1.82) is 0 Å². The lowest BCUT2D eigenvalue weighted by atomic mass is 10.0. The van der Waals surface area contributed by atoms with Crippen molar-refractivity contribution >= 4 is 39.5 Å². The molecule has 0 aliphatic rings. The first-order valence-corrected chi connectivity index (χ1v) is 44.1. The largest absolute Gasteiger partial charge is 0.472 e. The molecule has 0 heterocycles. The second-order valence-electron chi connectivity index (χ2n) is 28.1. The van der Waals surface area contributed by atoms with Gasteiger partial charge in [-0.1, -0.05) is 354 Å². The fourth-order valence-corrected chi connectivity index (χ4v) is 13.5. The first-order chi connectivity index (χ1) is 48.2. The zero-order valence-corrected chi connectivity index (χ0v) is 65.7. The zero-order valence-electron chi connectivity index (χ0n) is 64.0. The highest BCUT2D eigenvalue weighted by molar-refractivity contribution is 7.47. The molecule has 0 aromatic heterocycles. The van der Waals surface area contributed by atoms with Gasteiger partial charge in [-0.25, -0.2) is 9.13 Å². The van der Waals surface area contributed by atoms with Gasteiger partial charge in [-0.05, 0) is 51.4 Å². The number of carbonyl (C=O) groups excluding carboxylic acids is 4. The average Bonchev–Trinajstić information content (AvgIpc) is 0.990. The van der Waals surface area contributed by atoms with E-state index in [-0.39, 0.29) is 25.7 Å². The van der Waals surface area contributed by atoms with Crippen LogP contribution in [0.1, 0.15) is 407 Å². The number of aliphatic hydroxyl groups is 1. The van der Waals surface area contributed by atoms with Gasteiger partial charge in [0.2, 0.25) is 0 Å². The van der Waals surface area contributed by atoms with E-state index >= 15 is 0 Å². The van der Waals surface area contributed by atoms with E-state index < -0.39 is 97.5 Å². The lowest BCUT2D eigenvalue weighted by molar-refractivity contribution is -0.161. The smallest absolute Gasteiger partial charge is 0.462 e. The summed E-state index contributed by atoms with van der Waals surface area (Å²) in [4.78, 5) is 72.9.